The van der Waals surface area contributed by atoms with Gasteiger partial charge in [-0.05, 0) is 49.7 Å². The van der Waals surface area contributed by atoms with E-state index in [1.807, 2.05) is 23.1 Å². The molecule has 20 heavy (non-hydrogen) atoms. The highest BCUT2D eigenvalue weighted by molar-refractivity contribution is 7.20. The molecular formula is C16H20N2OS. The molecule has 1 aliphatic heterocycles. The molecule has 0 saturated carbocycles. The second-order valence-corrected chi connectivity index (χ2v) is 6.72. The fourth-order valence-electron chi connectivity index (χ4n) is 2.89. The van der Waals surface area contributed by atoms with E-state index in [0.717, 1.165) is 29.6 Å². The van der Waals surface area contributed by atoms with Gasteiger partial charge < -0.3 is 10.6 Å². The van der Waals surface area contributed by atoms with Crippen molar-refractivity contribution in [2.45, 2.75) is 25.8 Å². The number of hydrogen-bond donors (Lipinski definition) is 1. The molecule has 3 rings (SSSR count). The number of piperidine rings is 1. The fourth-order valence-corrected chi connectivity index (χ4v) is 3.91. The summed E-state index contributed by atoms with van der Waals surface area (Å²) in [6.45, 7) is 3.60. The van der Waals surface area contributed by atoms with Crippen LogP contribution < -0.4 is 5.73 Å². The molecule has 2 heterocycles. The van der Waals surface area contributed by atoms with Gasteiger partial charge in [-0.25, -0.2) is 0 Å². The maximum Gasteiger partial charge on any atom is 0.264 e. The third-order valence-electron chi connectivity index (χ3n) is 4.21. The average molecular weight is 288 g/mol. The number of nitrogens with two attached hydrogens (primary N) is 1. The summed E-state index contributed by atoms with van der Waals surface area (Å²) in [4.78, 5) is 15.6. The van der Waals surface area contributed by atoms with Gasteiger partial charge in [-0.3, -0.25) is 4.79 Å². The van der Waals surface area contributed by atoms with Crippen LogP contribution in [0.3, 0.4) is 0 Å². The van der Waals surface area contributed by atoms with Gasteiger partial charge in [0.25, 0.3) is 5.91 Å². The van der Waals surface area contributed by atoms with E-state index < -0.39 is 0 Å². The van der Waals surface area contributed by atoms with Crippen LogP contribution in [0, 0.1) is 5.92 Å². The second-order valence-electron chi connectivity index (χ2n) is 5.63. The molecule has 1 aromatic carbocycles. The predicted octanol–water partition coefficient (Wildman–Crippen LogP) is 3.10. The fraction of sp³-hybridized carbons (Fsp3) is 0.438. The predicted molar refractivity (Wildman–Crippen MR) is 84.1 cm³/mol. The SMILES string of the molecule is CC1CCC(CN)CN1C(=O)c1cc2ccccc2s1. The van der Waals surface area contributed by atoms with Crippen LogP contribution in [0.1, 0.15) is 29.4 Å². The molecule has 1 amide bonds. The van der Waals surface area contributed by atoms with Gasteiger partial charge in [0, 0.05) is 17.3 Å². The molecule has 0 spiro atoms. The molecule has 2 N–H and O–H groups in total. The van der Waals surface area contributed by atoms with E-state index in [2.05, 4.69) is 19.1 Å². The lowest BCUT2D eigenvalue weighted by molar-refractivity contribution is 0.0572. The van der Waals surface area contributed by atoms with Crippen LogP contribution in [-0.4, -0.2) is 29.9 Å². The van der Waals surface area contributed by atoms with Gasteiger partial charge in [-0.2, -0.15) is 0 Å². The first-order chi connectivity index (χ1) is 9.69. The Morgan fingerprint density at radius 2 is 2.20 bits per heavy atom. The van der Waals surface area contributed by atoms with Crippen molar-refractivity contribution < 1.29 is 4.79 Å². The van der Waals surface area contributed by atoms with Crippen LogP contribution in [-0.2, 0) is 0 Å². The number of thiophene rings is 1. The monoisotopic (exact) mass is 288 g/mol. The lowest BCUT2D eigenvalue weighted by atomic mass is 9.93. The van der Waals surface area contributed by atoms with Gasteiger partial charge in [-0.15, -0.1) is 11.3 Å². The van der Waals surface area contributed by atoms with Crippen LogP contribution in [0.25, 0.3) is 10.1 Å². The largest absolute Gasteiger partial charge is 0.335 e. The van der Waals surface area contributed by atoms with Crippen molar-refractivity contribution in [3.63, 3.8) is 0 Å². The molecular weight excluding hydrogens is 268 g/mol. The lowest BCUT2D eigenvalue weighted by Gasteiger charge is -2.37. The van der Waals surface area contributed by atoms with Crippen molar-refractivity contribution in [1.29, 1.82) is 0 Å². The summed E-state index contributed by atoms with van der Waals surface area (Å²) in [6, 6.07) is 10.5. The molecule has 2 aromatic rings. The van der Waals surface area contributed by atoms with Gasteiger partial charge in [-0.1, -0.05) is 18.2 Å². The van der Waals surface area contributed by atoms with Gasteiger partial charge in [0.05, 0.1) is 4.88 Å². The Balaban J connectivity index is 1.86. The number of likely N-dealkylation sites (tertiary alicyclic amines) is 1. The summed E-state index contributed by atoms with van der Waals surface area (Å²) in [5.74, 6) is 0.612. The van der Waals surface area contributed by atoms with Crippen molar-refractivity contribution in [2.24, 2.45) is 11.7 Å². The maximum atomic E-state index is 12.7. The quantitative estimate of drug-likeness (QED) is 0.923. The van der Waals surface area contributed by atoms with E-state index in [-0.39, 0.29) is 5.91 Å². The van der Waals surface area contributed by atoms with Crippen LogP contribution in [0.5, 0.6) is 0 Å². The zero-order valence-electron chi connectivity index (χ0n) is 11.7. The van der Waals surface area contributed by atoms with Crippen LogP contribution in [0.4, 0.5) is 0 Å². The van der Waals surface area contributed by atoms with E-state index in [1.54, 1.807) is 11.3 Å². The number of carbonyl (C=O) groups excluding carboxylic acids is 1. The highest BCUT2D eigenvalue weighted by Gasteiger charge is 2.29. The molecule has 3 nitrogen and oxygen atoms in total. The molecule has 0 radical (unpaired) electrons. The zero-order valence-corrected chi connectivity index (χ0v) is 12.5. The molecule has 1 aliphatic rings. The van der Waals surface area contributed by atoms with E-state index in [9.17, 15) is 4.79 Å². The molecule has 0 bridgehead atoms. The zero-order chi connectivity index (χ0) is 14.1. The normalized spacial score (nSPS) is 23.2. The molecule has 2 unspecified atom stereocenters. The summed E-state index contributed by atoms with van der Waals surface area (Å²) in [7, 11) is 0. The molecule has 1 fully saturated rings. The molecule has 0 aliphatic carbocycles. The van der Waals surface area contributed by atoms with Crippen molar-refractivity contribution in [1.82, 2.24) is 4.90 Å². The first-order valence-electron chi connectivity index (χ1n) is 7.18. The number of rotatable bonds is 2. The van der Waals surface area contributed by atoms with Crippen LogP contribution in [0.2, 0.25) is 0 Å². The summed E-state index contributed by atoms with van der Waals surface area (Å²) in [6.07, 6.45) is 2.19. The molecule has 106 valence electrons. The number of fused-ring (bicyclic) bond motifs is 1. The summed E-state index contributed by atoms with van der Waals surface area (Å²) in [5.41, 5.74) is 5.78. The third-order valence-corrected chi connectivity index (χ3v) is 5.31. The lowest BCUT2D eigenvalue weighted by Crippen LogP contribution is -2.46. The Kier molecular flexibility index (Phi) is 3.76. The molecule has 4 heteroatoms. The second kappa shape index (κ2) is 5.54. The number of benzene rings is 1. The van der Waals surface area contributed by atoms with Crippen LogP contribution >= 0.6 is 11.3 Å². The van der Waals surface area contributed by atoms with Gasteiger partial charge in [0.15, 0.2) is 0 Å². The number of nitrogens with zero attached hydrogens (tertiary/aromatic N) is 1. The Labute approximate surface area is 123 Å². The third kappa shape index (κ3) is 2.45. The summed E-state index contributed by atoms with van der Waals surface area (Å²) < 4.78 is 1.18. The molecule has 1 saturated heterocycles. The van der Waals surface area contributed by atoms with Crippen molar-refractivity contribution >= 4 is 27.3 Å². The topological polar surface area (TPSA) is 46.3 Å². The van der Waals surface area contributed by atoms with Crippen molar-refractivity contribution in [3.8, 4) is 0 Å². The van der Waals surface area contributed by atoms with Gasteiger partial charge >= 0.3 is 0 Å². The number of carbonyl (C=O) groups is 1. The minimum absolute atomic E-state index is 0.164. The highest BCUT2D eigenvalue weighted by Crippen LogP contribution is 2.29. The van der Waals surface area contributed by atoms with Gasteiger partial charge in [0.2, 0.25) is 0 Å². The standard InChI is InChI=1S/C16H20N2OS/c1-11-6-7-12(9-17)10-18(11)16(19)15-8-13-4-2-3-5-14(13)20-15/h2-5,8,11-12H,6-7,9-10,17H2,1H3. The first kappa shape index (κ1) is 13.6. The minimum Gasteiger partial charge on any atom is -0.335 e. The van der Waals surface area contributed by atoms with Crippen LogP contribution in [0.15, 0.2) is 30.3 Å². The van der Waals surface area contributed by atoms with E-state index in [4.69, 9.17) is 5.73 Å². The molecule has 2 atom stereocenters. The van der Waals surface area contributed by atoms with E-state index in [1.165, 1.54) is 4.70 Å². The average Bonchev–Trinajstić information content (AvgIpc) is 2.91. The Morgan fingerprint density at radius 1 is 1.40 bits per heavy atom. The maximum absolute atomic E-state index is 12.7. The number of hydrogen-bond acceptors (Lipinski definition) is 3. The summed E-state index contributed by atoms with van der Waals surface area (Å²) in [5, 5.41) is 1.15. The first-order valence-corrected chi connectivity index (χ1v) is 8.00. The highest BCUT2D eigenvalue weighted by atomic mass is 32.1. The molecule has 1 aromatic heterocycles. The minimum atomic E-state index is 0.164. The Morgan fingerprint density at radius 3 is 2.95 bits per heavy atom. The Hall–Kier alpha value is -1.39. The van der Waals surface area contributed by atoms with Gasteiger partial charge in [0.1, 0.15) is 0 Å². The smallest absolute Gasteiger partial charge is 0.264 e. The Bertz CT molecular complexity index is 589. The van der Waals surface area contributed by atoms with Crippen molar-refractivity contribution in [2.75, 3.05) is 13.1 Å². The van der Waals surface area contributed by atoms with E-state index >= 15 is 0 Å². The number of amides is 1. The van der Waals surface area contributed by atoms with E-state index in [0.29, 0.717) is 18.5 Å². The van der Waals surface area contributed by atoms with Crippen molar-refractivity contribution in [3.05, 3.63) is 35.2 Å². The summed E-state index contributed by atoms with van der Waals surface area (Å²) >= 11 is 1.59.